The summed E-state index contributed by atoms with van der Waals surface area (Å²) in [6.07, 6.45) is 3.25. The molecule has 0 aliphatic heterocycles. The van der Waals surface area contributed by atoms with E-state index in [2.05, 4.69) is 30.9 Å². The van der Waals surface area contributed by atoms with Gasteiger partial charge in [0.05, 0.1) is 16.6 Å². The van der Waals surface area contributed by atoms with E-state index in [0.717, 1.165) is 8.81 Å². The van der Waals surface area contributed by atoms with Crippen molar-refractivity contribution in [3.8, 4) is 0 Å². The fourth-order valence-corrected chi connectivity index (χ4v) is 2.84. The second kappa shape index (κ2) is 5.56. The van der Waals surface area contributed by atoms with Gasteiger partial charge in [-0.3, -0.25) is 4.79 Å². The van der Waals surface area contributed by atoms with Crippen molar-refractivity contribution in [1.29, 1.82) is 0 Å². The third-order valence-electron chi connectivity index (χ3n) is 1.64. The van der Waals surface area contributed by atoms with Crippen molar-refractivity contribution < 1.29 is 9.90 Å². The molecular formula is C9H6BrN3O2S2. The fraction of sp³-hybridized carbons (Fsp3) is 0.111. The molecule has 2 heterocycles. The minimum Gasteiger partial charge on any atom is -0.481 e. The van der Waals surface area contributed by atoms with Crippen LogP contribution in [0.25, 0.3) is 0 Å². The Morgan fingerprint density at radius 1 is 1.47 bits per heavy atom. The predicted octanol–water partition coefficient (Wildman–Crippen LogP) is 2.47. The summed E-state index contributed by atoms with van der Waals surface area (Å²) in [5, 5.41) is 10.9. The smallest absolute Gasteiger partial charge is 0.309 e. The molecule has 2 rings (SSSR count). The van der Waals surface area contributed by atoms with Gasteiger partial charge in [-0.05, 0) is 27.7 Å². The molecule has 0 fully saturated rings. The molecule has 0 amide bonds. The number of aromatic nitrogens is 3. The quantitative estimate of drug-likeness (QED) is 0.867. The first-order valence-corrected chi connectivity index (χ1v) is 6.94. The van der Waals surface area contributed by atoms with E-state index in [4.69, 9.17) is 5.11 Å². The lowest BCUT2D eigenvalue weighted by Gasteiger charge is -1.95. The first-order chi connectivity index (χ1) is 8.13. The molecule has 0 saturated heterocycles. The normalized spacial score (nSPS) is 10.4. The lowest BCUT2D eigenvalue weighted by Crippen LogP contribution is -1.99. The molecule has 0 aliphatic carbocycles. The molecule has 0 aromatic carbocycles. The van der Waals surface area contributed by atoms with E-state index in [-0.39, 0.29) is 6.42 Å². The van der Waals surface area contributed by atoms with Crippen LogP contribution < -0.4 is 0 Å². The summed E-state index contributed by atoms with van der Waals surface area (Å²) in [4.78, 5) is 22.9. The van der Waals surface area contributed by atoms with Crippen molar-refractivity contribution >= 4 is 45.0 Å². The van der Waals surface area contributed by atoms with Crippen LogP contribution in [0.3, 0.4) is 0 Å². The van der Waals surface area contributed by atoms with Gasteiger partial charge in [0.2, 0.25) is 0 Å². The molecular weight excluding hydrogens is 326 g/mol. The SMILES string of the molecule is O=C(O)Cc1csc(Sc2ncc(Br)cn2)n1. The second-order valence-corrected chi connectivity index (χ2v) is 5.95. The average molecular weight is 332 g/mol. The highest BCUT2D eigenvalue weighted by Crippen LogP contribution is 2.28. The highest BCUT2D eigenvalue weighted by atomic mass is 79.9. The molecule has 0 spiro atoms. The molecule has 0 unspecified atom stereocenters. The number of carboxylic acids is 1. The summed E-state index contributed by atoms with van der Waals surface area (Å²) >= 11 is 5.95. The maximum atomic E-state index is 10.5. The number of aliphatic carboxylic acids is 1. The van der Waals surface area contributed by atoms with Gasteiger partial charge in [0.15, 0.2) is 9.50 Å². The molecule has 5 nitrogen and oxygen atoms in total. The molecule has 2 aromatic rings. The van der Waals surface area contributed by atoms with E-state index in [1.807, 2.05) is 0 Å². The number of halogens is 1. The van der Waals surface area contributed by atoms with Crippen LogP contribution in [0.2, 0.25) is 0 Å². The Bertz CT molecular complexity index is 529. The third-order valence-corrected chi connectivity index (χ3v) is 3.93. The lowest BCUT2D eigenvalue weighted by molar-refractivity contribution is -0.136. The number of hydrogen-bond acceptors (Lipinski definition) is 6. The topological polar surface area (TPSA) is 76.0 Å². The zero-order valence-electron chi connectivity index (χ0n) is 8.33. The molecule has 0 atom stereocenters. The van der Waals surface area contributed by atoms with Gasteiger partial charge in [-0.15, -0.1) is 11.3 Å². The van der Waals surface area contributed by atoms with Crippen molar-refractivity contribution in [2.75, 3.05) is 0 Å². The van der Waals surface area contributed by atoms with Crippen molar-refractivity contribution in [1.82, 2.24) is 15.0 Å². The summed E-state index contributed by atoms with van der Waals surface area (Å²) < 4.78 is 1.55. The maximum Gasteiger partial charge on any atom is 0.309 e. The molecule has 2 aromatic heterocycles. The minimum atomic E-state index is -0.883. The summed E-state index contributed by atoms with van der Waals surface area (Å²) in [7, 11) is 0. The van der Waals surface area contributed by atoms with E-state index >= 15 is 0 Å². The van der Waals surface area contributed by atoms with Crippen LogP contribution in [-0.2, 0) is 11.2 Å². The third kappa shape index (κ3) is 3.76. The predicted molar refractivity (Wildman–Crippen MR) is 67.3 cm³/mol. The molecule has 0 saturated carbocycles. The molecule has 8 heteroatoms. The number of carboxylic acid groups (broad SMARTS) is 1. The van der Waals surface area contributed by atoms with Crippen LogP contribution in [0.5, 0.6) is 0 Å². The van der Waals surface area contributed by atoms with Gasteiger partial charge in [-0.25, -0.2) is 15.0 Å². The van der Waals surface area contributed by atoms with Crippen LogP contribution >= 0.6 is 39.0 Å². The summed E-state index contributed by atoms with van der Waals surface area (Å²) in [6, 6.07) is 0. The maximum absolute atomic E-state index is 10.5. The van der Waals surface area contributed by atoms with Gasteiger partial charge in [0.25, 0.3) is 0 Å². The number of nitrogens with zero attached hydrogens (tertiary/aromatic N) is 3. The van der Waals surface area contributed by atoms with Gasteiger partial charge in [0, 0.05) is 17.8 Å². The first kappa shape index (κ1) is 12.5. The summed E-state index contributed by atoms with van der Waals surface area (Å²) in [6.45, 7) is 0. The van der Waals surface area contributed by atoms with E-state index in [1.54, 1.807) is 17.8 Å². The Hall–Kier alpha value is -0.990. The standard InChI is InChI=1S/C9H6BrN3O2S2/c10-5-2-11-8(12-3-5)17-9-13-6(4-16-9)1-7(14)15/h2-4H,1H2,(H,14,15). The Morgan fingerprint density at radius 3 is 2.82 bits per heavy atom. The lowest BCUT2D eigenvalue weighted by atomic mass is 10.3. The van der Waals surface area contributed by atoms with Gasteiger partial charge >= 0.3 is 5.97 Å². The van der Waals surface area contributed by atoms with Crippen molar-refractivity contribution in [2.24, 2.45) is 0 Å². The Balaban J connectivity index is 2.06. The largest absolute Gasteiger partial charge is 0.481 e. The van der Waals surface area contributed by atoms with E-state index < -0.39 is 5.97 Å². The zero-order valence-corrected chi connectivity index (χ0v) is 11.5. The van der Waals surface area contributed by atoms with E-state index in [1.165, 1.54) is 23.1 Å². The van der Waals surface area contributed by atoms with Crippen molar-refractivity contribution in [3.05, 3.63) is 27.9 Å². The molecule has 88 valence electrons. The van der Waals surface area contributed by atoms with Gasteiger partial charge in [0.1, 0.15) is 0 Å². The van der Waals surface area contributed by atoms with E-state index in [9.17, 15) is 4.79 Å². The monoisotopic (exact) mass is 331 g/mol. The van der Waals surface area contributed by atoms with Crippen molar-refractivity contribution in [2.45, 2.75) is 15.9 Å². The molecule has 1 N–H and O–H groups in total. The average Bonchev–Trinajstić information content (AvgIpc) is 2.68. The molecule has 0 aliphatic rings. The van der Waals surface area contributed by atoms with Crippen LogP contribution in [0.1, 0.15) is 5.69 Å². The van der Waals surface area contributed by atoms with Crippen LogP contribution in [0, 0.1) is 0 Å². The minimum absolute atomic E-state index is 0.0573. The molecule has 0 bridgehead atoms. The van der Waals surface area contributed by atoms with Crippen LogP contribution in [-0.4, -0.2) is 26.0 Å². The molecule has 0 radical (unpaired) electrons. The van der Waals surface area contributed by atoms with Crippen LogP contribution in [0.4, 0.5) is 0 Å². The van der Waals surface area contributed by atoms with Gasteiger partial charge in [-0.1, -0.05) is 0 Å². The van der Waals surface area contributed by atoms with E-state index in [0.29, 0.717) is 10.9 Å². The summed E-state index contributed by atoms with van der Waals surface area (Å²) in [5.41, 5.74) is 0.558. The zero-order chi connectivity index (χ0) is 12.3. The van der Waals surface area contributed by atoms with Gasteiger partial charge < -0.3 is 5.11 Å². The highest BCUT2D eigenvalue weighted by Gasteiger charge is 2.08. The van der Waals surface area contributed by atoms with Gasteiger partial charge in [-0.2, -0.15) is 0 Å². The van der Waals surface area contributed by atoms with Crippen molar-refractivity contribution in [3.63, 3.8) is 0 Å². The fourth-order valence-electron chi connectivity index (χ4n) is 1.00. The molecule has 17 heavy (non-hydrogen) atoms. The Morgan fingerprint density at radius 2 is 2.18 bits per heavy atom. The number of carbonyl (C=O) groups is 1. The number of hydrogen-bond donors (Lipinski definition) is 1. The Kier molecular flexibility index (Phi) is 4.08. The Labute approximate surface area is 113 Å². The second-order valence-electron chi connectivity index (χ2n) is 2.96. The first-order valence-electron chi connectivity index (χ1n) is 4.45. The van der Waals surface area contributed by atoms with Crippen LogP contribution in [0.15, 0.2) is 31.7 Å². The highest BCUT2D eigenvalue weighted by molar-refractivity contribution is 9.10. The number of thiazole rings is 1. The number of rotatable bonds is 4. The summed E-state index contributed by atoms with van der Waals surface area (Å²) in [5.74, 6) is -0.883.